The summed E-state index contributed by atoms with van der Waals surface area (Å²) in [5, 5.41) is 3.87. The summed E-state index contributed by atoms with van der Waals surface area (Å²) in [4.78, 5) is 20.8. The summed E-state index contributed by atoms with van der Waals surface area (Å²) in [6, 6.07) is 8.44. The van der Waals surface area contributed by atoms with E-state index in [0.717, 1.165) is 58.6 Å². The molecule has 2 atom stereocenters. The summed E-state index contributed by atoms with van der Waals surface area (Å²) >= 11 is 8.44. The second-order valence-corrected chi connectivity index (χ2v) is 20.4. The first-order chi connectivity index (χ1) is 19.6. The van der Waals surface area contributed by atoms with Crippen LogP contribution in [-0.4, -0.2) is 55.6 Å². The molecule has 2 aromatic heterocycles. The van der Waals surface area contributed by atoms with Gasteiger partial charge in [-0.2, -0.15) is 0 Å². The van der Waals surface area contributed by atoms with E-state index in [1.807, 2.05) is 33.0 Å². The molecule has 2 aliphatic heterocycles. The van der Waals surface area contributed by atoms with E-state index in [-0.39, 0.29) is 23.2 Å². The van der Waals surface area contributed by atoms with Crippen LogP contribution in [0.25, 0.3) is 21.3 Å². The number of amides is 1. The molecule has 4 heterocycles. The number of carbonyl (C=O) groups is 1. The number of halogens is 1. The molecule has 0 spiro atoms. The number of benzene rings is 1. The van der Waals surface area contributed by atoms with E-state index in [4.69, 9.17) is 30.5 Å². The molecular formula is C32H44ClN3O4SSi. The van der Waals surface area contributed by atoms with Crippen LogP contribution in [0.5, 0.6) is 5.75 Å². The molecule has 1 saturated heterocycles. The Morgan fingerprint density at radius 1 is 1.17 bits per heavy atom. The first-order valence-electron chi connectivity index (χ1n) is 14.8. The lowest BCUT2D eigenvalue weighted by Crippen LogP contribution is -2.41. The number of ether oxygens (including phenoxy) is 2. The quantitative estimate of drug-likeness (QED) is 0.275. The van der Waals surface area contributed by atoms with E-state index < -0.39 is 13.9 Å². The number of carbonyl (C=O) groups excluding carboxylic acids is 1. The molecule has 10 heteroatoms. The number of rotatable bonds is 6. The van der Waals surface area contributed by atoms with Crippen molar-refractivity contribution in [2.75, 3.05) is 19.7 Å². The van der Waals surface area contributed by atoms with Crippen molar-refractivity contribution in [2.24, 2.45) is 0 Å². The van der Waals surface area contributed by atoms with Gasteiger partial charge in [0, 0.05) is 58.8 Å². The van der Waals surface area contributed by atoms with Crippen molar-refractivity contribution in [3.05, 3.63) is 45.9 Å². The molecule has 0 saturated carbocycles. The molecule has 7 nitrogen and oxygen atoms in total. The molecule has 3 aromatic rings. The van der Waals surface area contributed by atoms with Gasteiger partial charge in [-0.1, -0.05) is 32.4 Å². The number of nitrogens with zero attached hydrogens (tertiary/aromatic N) is 2. The standard InChI is InChI=1S/C32H44ClN3O4SSi/c1-31(2,3)40-30(37)35-21-10-13-36(18-21)26-11-14-38-27-16-20(33)15-24(28(26)27)23-9-12-34-25-17-22(41-29(23)25)19-39-42(7,8)32(4,5)6/h9,12,15-17,21,26H,10-11,13-14,18-19H2,1-8H3,(H,35,37)/t21-,26?/m1/s1. The third-order valence-corrected chi connectivity index (χ3v) is 14.4. The van der Waals surface area contributed by atoms with Gasteiger partial charge in [-0.15, -0.1) is 11.3 Å². The molecule has 42 heavy (non-hydrogen) atoms. The summed E-state index contributed by atoms with van der Waals surface area (Å²) in [7, 11) is -1.88. The van der Waals surface area contributed by atoms with Gasteiger partial charge in [-0.25, -0.2) is 4.79 Å². The van der Waals surface area contributed by atoms with E-state index in [1.54, 1.807) is 11.3 Å². The minimum absolute atomic E-state index is 0.0373. The van der Waals surface area contributed by atoms with Gasteiger partial charge in [-0.3, -0.25) is 9.88 Å². The average Bonchev–Trinajstić information content (AvgIpc) is 3.51. The van der Waals surface area contributed by atoms with Gasteiger partial charge >= 0.3 is 6.09 Å². The van der Waals surface area contributed by atoms with E-state index in [9.17, 15) is 4.79 Å². The van der Waals surface area contributed by atoms with E-state index in [1.165, 1.54) is 4.88 Å². The second kappa shape index (κ2) is 11.7. The van der Waals surface area contributed by atoms with Crippen molar-refractivity contribution in [2.45, 2.75) is 96.8 Å². The van der Waals surface area contributed by atoms with Crippen LogP contribution in [0.4, 0.5) is 4.79 Å². The van der Waals surface area contributed by atoms with Crippen LogP contribution >= 0.6 is 22.9 Å². The summed E-state index contributed by atoms with van der Waals surface area (Å²) in [5.74, 6) is 0.834. The fraction of sp³-hybridized carbons (Fsp3) is 0.562. The molecule has 1 amide bonds. The molecule has 2 aliphatic rings. The molecule has 1 aromatic carbocycles. The Bertz CT molecular complexity index is 1460. The van der Waals surface area contributed by atoms with Crippen molar-refractivity contribution in [1.82, 2.24) is 15.2 Å². The zero-order chi connectivity index (χ0) is 30.4. The van der Waals surface area contributed by atoms with Crippen LogP contribution in [0, 0.1) is 0 Å². The smallest absolute Gasteiger partial charge is 0.407 e. The molecule has 5 rings (SSSR count). The first kappa shape index (κ1) is 31.3. The van der Waals surface area contributed by atoms with Gasteiger partial charge in [0.15, 0.2) is 8.32 Å². The maximum atomic E-state index is 12.5. The minimum atomic E-state index is -1.88. The third kappa shape index (κ3) is 6.80. The van der Waals surface area contributed by atoms with Crippen molar-refractivity contribution < 1.29 is 18.7 Å². The Balaban J connectivity index is 1.44. The number of aromatic nitrogens is 1. The van der Waals surface area contributed by atoms with Gasteiger partial charge in [0.1, 0.15) is 11.4 Å². The van der Waals surface area contributed by atoms with Crippen LogP contribution in [-0.2, 0) is 15.8 Å². The third-order valence-electron chi connectivity index (χ3n) is 8.60. The molecule has 1 unspecified atom stereocenters. The lowest BCUT2D eigenvalue weighted by Gasteiger charge is -2.36. The molecule has 0 aliphatic carbocycles. The predicted molar refractivity (Wildman–Crippen MR) is 174 cm³/mol. The van der Waals surface area contributed by atoms with Crippen LogP contribution < -0.4 is 10.1 Å². The number of likely N-dealkylation sites (tertiary alicyclic amines) is 1. The van der Waals surface area contributed by atoms with Gasteiger partial charge < -0.3 is 19.2 Å². The molecule has 1 fully saturated rings. The van der Waals surface area contributed by atoms with Crippen molar-refractivity contribution in [1.29, 1.82) is 0 Å². The van der Waals surface area contributed by atoms with Gasteiger partial charge in [0.05, 0.1) is 23.4 Å². The summed E-state index contributed by atoms with van der Waals surface area (Å²) in [6.07, 6.45) is 3.26. The van der Waals surface area contributed by atoms with Gasteiger partial charge in [0.25, 0.3) is 0 Å². The maximum absolute atomic E-state index is 12.5. The zero-order valence-corrected chi connectivity index (χ0v) is 28.7. The molecule has 1 N–H and O–H groups in total. The zero-order valence-electron chi connectivity index (χ0n) is 26.1. The average molecular weight is 630 g/mol. The minimum Gasteiger partial charge on any atom is -0.493 e. The summed E-state index contributed by atoms with van der Waals surface area (Å²) in [5.41, 5.74) is 3.79. The number of pyridine rings is 1. The molecule has 228 valence electrons. The van der Waals surface area contributed by atoms with Crippen LogP contribution in [0.3, 0.4) is 0 Å². The number of nitrogens with one attached hydrogen (secondary N) is 1. The number of thiophene rings is 1. The highest BCUT2D eigenvalue weighted by atomic mass is 35.5. The first-order valence-corrected chi connectivity index (χ1v) is 18.9. The van der Waals surface area contributed by atoms with Crippen LogP contribution in [0.15, 0.2) is 30.5 Å². The Hall–Kier alpha value is -2.17. The predicted octanol–water partition coefficient (Wildman–Crippen LogP) is 8.56. The second-order valence-electron chi connectivity index (χ2n) is 14.0. The number of fused-ring (bicyclic) bond motifs is 2. The number of hydrogen-bond donors (Lipinski definition) is 1. The maximum Gasteiger partial charge on any atom is 0.407 e. The number of hydrogen-bond acceptors (Lipinski definition) is 7. The monoisotopic (exact) mass is 629 g/mol. The van der Waals surface area contributed by atoms with E-state index in [2.05, 4.69) is 62.3 Å². The Kier molecular flexibility index (Phi) is 8.73. The highest BCUT2D eigenvalue weighted by Crippen LogP contribution is 2.47. The molecule has 0 radical (unpaired) electrons. The van der Waals surface area contributed by atoms with Crippen molar-refractivity contribution >= 4 is 47.6 Å². The SMILES string of the molecule is CC(C)(C)OC(=O)N[C@@H]1CCN(C2CCOc3cc(Cl)cc(-c4ccnc5cc(CO[Si](C)(C)C(C)(C)C)sc45)c32)C1. The highest BCUT2D eigenvalue weighted by Gasteiger charge is 2.38. The molecule has 0 bridgehead atoms. The summed E-state index contributed by atoms with van der Waals surface area (Å²) in [6.45, 7) is 19.9. The highest BCUT2D eigenvalue weighted by molar-refractivity contribution is 7.19. The normalized spacial score (nSPS) is 19.9. The fourth-order valence-corrected chi connectivity index (χ4v) is 7.79. The Labute approximate surface area is 260 Å². The Morgan fingerprint density at radius 3 is 2.64 bits per heavy atom. The fourth-order valence-electron chi connectivity index (χ4n) is 5.47. The topological polar surface area (TPSA) is 72.9 Å². The Morgan fingerprint density at radius 2 is 1.93 bits per heavy atom. The van der Waals surface area contributed by atoms with Crippen LogP contribution in [0.1, 0.15) is 70.9 Å². The lowest BCUT2D eigenvalue weighted by molar-refractivity contribution is 0.0503. The van der Waals surface area contributed by atoms with Crippen molar-refractivity contribution in [3.63, 3.8) is 0 Å². The lowest BCUT2D eigenvalue weighted by atomic mass is 9.90. The van der Waals surface area contributed by atoms with Crippen LogP contribution in [0.2, 0.25) is 23.2 Å². The van der Waals surface area contributed by atoms with E-state index >= 15 is 0 Å². The van der Waals surface area contributed by atoms with Crippen molar-refractivity contribution in [3.8, 4) is 16.9 Å². The number of alkyl carbamates (subject to hydrolysis) is 1. The largest absolute Gasteiger partial charge is 0.493 e. The van der Waals surface area contributed by atoms with Gasteiger partial charge in [-0.05, 0) is 75.2 Å². The van der Waals surface area contributed by atoms with E-state index in [0.29, 0.717) is 18.2 Å². The summed E-state index contributed by atoms with van der Waals surface area (Å²) < 4.78 is 19.4. The van der Waals surface area contributed by atoms with Gasteiger partial charge in [0.2, 0.25) is 0 Å². The molecular weight excluding hydrogens is 586 g/mol.